The van der Waals surface area contributed by atoms with Gasteiger partial charge in [-0.15, -0.1) is 0 Å². The van der Waals surface area contributed by atoms with E-state index in [0.29, 0.717) is 0 Å². The molecule has 0 radical (unpaired) electrons. The maximum atomic E-state index is 6.23. The van der Waals surface area contributed by atoms with E-state index < -0.39 is 5.60 Å². The molecular formula is C14H17BrN2O. The zero-order chi connectivity index (χ0) is 12.8. The van der Waals surface area contributed by atoms with Crippen LogP contribution in [0.5, 0.6) is 0 Å². The molecule has 96 valence electrons. The first kappa shape index (κ1) is 12.2. The Balaban J connectivity index is 2.15. The minimum Gasteiger partial charge on any atom is -0.369 e. The lowest BCUT2D eigenvalue weighted by Crippen LogP contribution is -2.47. The van der Waals surface area contributed by atoms with Crippen LogP contribution in [-0.2, 0) is 16.8 Å². The van der Waals surface area contributed by atoms with E-state index >= 15 is 0 Å². The van der Waals surface area contributed by atoms with Gasteiger partial charge in [0.15, 0.2) is 0 Å². The highest BCUT2D eigenvalue weighted by Gasteiger charge is 2.42. The number of rotatable bonds is 1. The standard InChI is InChI=1S/C14H17BrN2O/c1-9-8-10-11(4-3-5-12(10)15)14(2,18-9)13-16-6-7-17-13/h3-5,9H,6-8H2,1-2H3,(H,16,17). The number of ether oxygens (including phenoxy) is 1. The lowest BCUT2D eigenvalue weighted by Gasteiger charge is -2.39. The number of halogens is 1. The normalized spacial score (nSPS) is 30.6. The highest BCUT2D eigenvalue weighted by atomic mass is 79.9. The van der Waals surface area contributed by atoms with Gasteiger partial charge in [0.1, 0.15) is 11.4 Å². The van der Waals surface area contributed by atoms with Gasteiger partial charge in [0, 0.05) is 11.0 Å². The van der Waals surface area contributed by atoms with Gasteiger partial charge in [-0.2, -0.15) is 0 Å². The van der Waals surface area contributed by atoms with E-state index in [1.165, 1.54) is 15.6 Å². The Kier molecular flexibility index (Phi) is 2.94. The molecule has 2 atom stereocenters. The minimum atomic E-state index is -0.437. The molecule has 4 heteroatoms. The highest BCUT2D eigenvalue weighted by molar-refractivity contribution is 9.10. The van der Waals surface area contributed by atoms with Crippen LogP contribution in [0.2, 0.25) is 0 Å². The summed E-state index contributed by atoms with van der Waals surface area (Å²) in [7, 11) is 0. The SMILES string of the molecule is CC1Cc2c(Br)cccc2C(C)(C2=NCCN2)O1. The molecule has 2 aliphatic rings. The number of hydrogen-bond donors (Lipinski definition) is 1. The smallest absolute Gasteiger partial charge is 0.148 e. The third-order valence-corrected chi connectivity index (χ3v) is 4.43. The molecule has 18 heavy (non-hydrogen) atoms. The Morgan fingerprint density at radius 3 is 3.06 bits per heavy atom. The molecule has 2 aliphatic heterocycles. The topological polar surface area (TPSA) is 33.6 Å². The van der Waals surface area contributed by atoms with Crippen LogP contribution < -0.4 is 5.32 Å². The summed E-state index contributed by atoms with van der Waals surface area (Å²) in [6.45, 7) is 5.99. The lowest BCUT2D eigenvalue weighted by molar-refractivity contribution is -0.0475. The minimum absolute atomic E-state index is 0.200. The highest BCUT2D eigenvalue weighted by Crippen LogP contribution is 2.39. The number of fused-ring (bicyclic) bond motifs is 1. The number of benzene rings is 1. The molecule has 2 unspecified atom stereocenters. The Labute approximate surface area is 116 Å². The first-order chi connectivity index (χ1) is 8.61. The monoisotopic (exact) mass is 308 g/mol. The van der Waals surface area contributed by atoms with Crippen LogP contribution in [0, 0.1) is 0 Å². The van der Waals surface area contributed by atoms with Crippen LogP contribution in [-0.4, -0.2) is 25.0 Å². The number of amidine groups is 1. The molecule has 0 saturated carbocycles. The largest absolute Gasteiger partial charge is 0.369 e. The molecule has 1 aromatic rings. The van der Waals surface area contributed by atoms with Gasteiger partial charge in [-0.1, -0.05) is 28.1 Å². The summed E-state index contributed by atoms with van der Waals surface area (Å²) < 4.78 is 7.39. The number of hydrogen-bond acceptors (Lipinski definition) is 3. The molecular weight excluding hydrogens is 292 g/mol. The molecule has 0 saturated heterocycles. The van der Waals surface area contributed by atoms with Crippen molar-refractivity contribution in [2.45, 2.75) is 32.0 Å². The van der Waals surface area contributed by atoms with Gasteiger partial charge < -0.3 is 10.1 Å². The summed E-state index contributed by atoms with van der Waals surface area (Å²) >= 11 is 3.65. The summed E-state index contributed by atoms with van der Waals surface area (Å²) in [5, 5.41) is 3.36. The van der Waals surface area contributed by atoms with E-state index in [1.807, 2.05) is 0 Å². The summed E-state index contributed by atoms with van der Waals surface area (Å²) in [5.74, 6) is 0.966. The Bertz CT molecular complexity index is 515. The van der Waals surface area contributed by atoms with Gasteiger partial charge in [0.25, 0.3) is 0 Å². The zero-order valence-corrected chi connectivity index (χ0v) is 12.3. The first-order valence-corrected chi connectivity index (χ1v) is 7.15. The van der Waals surface area contributed by atoms with Crippen LogP contribution in [0.3, 0.4) is 0 Å². The molecule has 1 aromatic carbocycles. The van der Waals surface area contributed by atoms with Crippen molar-refractivity contribution < 1.29 is 4.74 Å². The predicted molar refractivity (Wildman–Crippen MR) is 76.0 cm³/mol. The third kappa shape index (κ3) is 1.79. The maximum Gasteiger partial charge on any atom is 0.148 e. The van der Waals surface area contributed by atoms with Crippen molar-refractivity contribution in [1.29, 1.82) is 0 Å². The third-order valence-electron chi connectivity index (χ3n) is 3.69. The molecule has 0 spiro atoms. The maximum absolute atomic E-state index is 6.23. The van der Waals surface area contributed by atoms with E-state index in [9.17, 15) is 0 Å². The van der Waals surface area contributed by atoms with Crippen molar-refractivity contribution >= 4 is 21.8 Å². The van der Waals surface area contributed by atoms with E-state index in [4.69, 9.17) is 4.74 Å². The van der Waals surface area contributed by atoms with E-state index in [1.54, 1.807) is 0 Å². The van der Waals surface area contributed by atoms with Gasteiger partial charge in [-0.3, -0.25) is 4.99 Å². The van der Waals surface area contributed by atoms with Crippen molar-refractivity contribution in [3.63, 3.8) is 0 Å². The van der Waals surface area contributed by atoms with Crippen LogP contribution in [0.15, 0.2) is 27.7 Å². The van der Waals surface area contributed by atoms with Crippen LogP contribution in [0.4, 0.5) is 0 Å². The molecule has 1 N–H and O–H groups in total. The fraction of sp³-hybridized carbons (Fsp3) is 0.500. The average Bonchev–Trinajstić information content (AvgIpc) is 2.85. The average molecular weight is 309 g/mol. The lowest BCUT2D eigenvalue weighted by atomic mass is 9.85. The molecule has 0 aromatic heterocycles. The van der Waals surface area contributed by atoms with Crippen LogP contribution >= 0.6 is 15.9 Å². The van der Waals surface area contributed by atoms with Gasteiger partial charge >= 0.3 is 0 Å². The van der Waals surface area contributed by atoms with Gasteiger partial charge in [-0.25, -0.2) is 0 Å². The van der Waals surface area contributed by atoms with Gasteiger partial charge in [0.2, 0.25) is 0 Å². The second-order valence-electron chi connectivity index (χ2n) is 5.09. The Morgan fingerprint density at radius 1 is 1.50 bits per heavy atom. The summed E-state index contributed by atoms with van der Waals surface area (Å²) in [6.07, 6.45) is 1.14. The van der Waals surface area contributed by atoms with E-state index in [2.05, 4.69) is 58.3 Å². The number of nitrogens with zero attached hydrogens (tertiary/aromatic N) is 1. The summed E-state index contributed by atoms with van der Waals surface area (Å²) in [6, 6.07) is 6.31. The molecule has 0 fully saturated rings. The number of aliphatic imine (C=N–C) groups is 1. The predicted octanol–water partition coefficient (Wildman–Crippen LogP) is 2.63. The fourth-order valence-electron chi connectivity index (χ4n) is 2.91. The second-order valence-corrected chi connectivity index (χ2v) is 5.94. The Morgan fingerprint density at radius 2 is 2.33 bits per heavy atom. The second kappa shape index (κ2) is 4.35. The molecule has 3 rings (SSSR count). The van der Waals surface area contributed by atoms with Gasteiger partial charge in [-0.05, 0) is 37.5 Å². The number of nitrogens with one attached hydrogen (secondary N) is 1. The zero-order valence-electron chi connectivity index (χ0n) is 10.7. The van der Waals surface area contributed by atoms with Crippen molar-refractivity contribution in [3.05, 3.63) is 33.8 Å². The molecule has 0 amide bonds. The molecule has 2 heterocycles. The van der Waals surface area contributed by atoms with Crippen LogP contribution in [0.1, 0.15) is 25.0 Å². The van der Waals surface area contributed by atoms with Gasteiger partial charge in [0.05, 0.1) is 12.6 Å². The summed E-state index contributed by atoms with van der Waals surface area (Å²) in [5.41, 5.74) is 2.13. The Hall–Kier alpha value is -0.870. The van der Waals surface area contributed by atoms with Crippen LogP contribution in [0.25, 0.3) is 0 Å². The quantitative estimate of drug-likeness (QED) is 0.865. The van der Waals surface area contributed by atoms with E-state index in [0.717, 1.165) is 25.3 Å². The molecule has 0 bridgehead atoms. The van der Waals surface area contributed by atoms with Crippen molar-refractivity contribution in [2.75, 3.05) is 13.1 Å². The fourth-order valence-corrected chi connectivity index (χ4v) is 3.44. The van der Waals surface area contributed by atoms with Crippen molar-refractivity contribution in [2.24, 2.45) is 4.99 Å². The van der Waals surface area contributed by atoms with Crippen molar-refractivity contribution in [3.8, 4) is 0 Å². The summed E-state index contributed by atoms with van der Waals surface area (Å²) in [4.78, 5) is 4.56. The van der Waals surface area contributed by atoms with Crippen molar-refractivity contribution in [1.82, 2.24) is 5.32 Å². The molecule has 0 aliphatic carbocycles. The molecule has 3 nitrogen and oxygen atoms in total. The first-order valence-electron chi connectivity index (χ1n) is 6.36. The van der Waals surface area contributed by atoms with E-state index in [-0.39, 0.29) is 6.10 Å².